The summed E-state index contributed by atoms with van der Waals surface area (Å²) in [6, 6.07) is 0. The van der Waals surface area contributed by atoms with E-state index in [0.29, 0.717) is 6.42 Å². The van der Waals surface area contributed by atoms with Crippen LogP contribution >= 0.6 is 0 Å². The van der Waals surface area contributed by atoms with Gasteiger partial charge in [-0.05, 0) is 32.1 Å². The molecule has 5 atom stereocenters. The third-order valence-electron chi connectivity index (χ3n) is 4.45. The fraction of sp³-hybridized carbons (Fsp3) is 0.591. The highest BCUT2D eigenvalue weighted by atomic mass is 16.5. The van der Waals surface area contributed by atoms with Crippen LogP contribution < -0.4 is 0 Å². The van der Waals surface area contributed by atoms with Gasteiger partial charge in [-0.25, -0.2) is 0 Å². The Kier molecular flexibility index (Phi) is 12.4. The van der Waals surface area contributed by atoms with Gasteiger partial charge in [0.25, 0.3) is 0 Å². The molecular weight excluding hydrogens is 360 g/mol. The molecule has 1 aliphatic rings. The average Bonchev–Trinajstić information content (AvgIpc) is 3.04. The van der Waals surface area contributed by atoms with Crippen molar-refractivity contribution in [2.45, 2.75) is 82.4 Å². The minimum Gasteiger partial charge on any atom is -0.481 e. The summed E-state index contributed by atoms with van der Waals surface area (Å²) in [5.74, 6) is -0.978. The Balaban J connectivity index is 2.29. The number of carboxylic acid groups (broad SMARTS) is 1. The van der Waals surface area contributed by atoms with E-state index in [2.05, 4.69) is 31.2 Å². The molecule has 1 saturated heterocycles. The zero-order chi connectivity index (χ0) is 20.8. The number of carbonyl (C=O) groups is 1. The van der Waals surface area contributed by atoms with E-state index in [1.54, 1.807) is 12.2 Å². The lowest BCUT2D eigenvalue weighted by Crippen LogP contribution is -2.26. The molecule has 0 amide bonds. The van der Waals surface area contributed by atoms with E-state index in [0.717, 1.165) is 19.3 Å². The van der Waals surface area contributed by atoms with Gasteiger partial charge >= 0.3 is 5.97 Å². The molecule has 158 valence electrons. The number of hydrogen-bond donors (Lipinski definition) is 4. The van der Waals surface area contributed by atoms with E-state index in [1.807, 2.05) is 12.2 Å². The molecule has 1 heterocycles. The first-order valence-corrected chi connectivity index (χ1v) is 9.98. The van der Waals surface area contributed by atoms with Crippen LogP contribution in [0.2, 0.25) is 0 Å². The highest BCUT2D eigenvalue weighted by Crippen LogP contribution is 2.25. The van der Waals surface area contributed by atoms with Gasteiger partial charge in [-0.1, -0.05) is 55.5 Å². The van der Waals surface area contributed by atoms with Crippen LogP contribution in [-0.4, -0.2) is 56.9 Å². The van der Waals surface area contributed by atoms with Crippen LogP contribution in [0.3, 0.4) is 0 Å². The van der Waals surface area contributed by atoms with Crippen molar-refractivity contribution in [3.63, 3.8) is 0 Å². The number of ether oxygens (including phenoxy) is 1. The quantitative estimate of drug-likeness (QED) is 0.358. The Morgan fingerprint density at radius 3 is 2.39 bits per heavy atom. The summed E-state index contributed by atoms with van der Waals surface area (Å²) < 4.78 is 5.59. The number of aliphatic carboxylic acids is 1. The van der Waals surface area contributed by atoms with Crippen LogP contribution in [0.15, 0.2) is 48.6 Å². The van der Waals surface area contributed by atoms with Crippen molar-refractivity contribution in [2.24, 2.45) is 0 Å². The maximum absolute atomic E-state index is 10.6. The Morgan fingerprint density at radius 1 is 1.11 bits per heavy atom. The van der Waals surface area contributed by atoms with Gasteiger partial charge in [0.05, 0.1) is 24.4 Å². The van der Waals surface area contributed by atoms with E-state index in [1.165, 1.54) is 0 Å². The molecule has 0 aromatic carbocycles. The number of carboxylic acids is 1. The number of allylic oxidation sites excluding steroid dienone is 5. The average molecular weight is 395 g/mol. The van der Waals surface area contributed by atoms with Gasteiger partial charge in [0.2, 0.25) is 0 Å². The monoisotopic (exact) mass is 394 g/mol. The molecule has 6 nitrogen and oxygen atoms in total. The van der Waals surface area contributed by atoms with Crippen molar-refractivity contribution in [3.05, 3.63) is 48.6 Å². The van der Waals surface area contributed by atoms with E-state index in [4.69, 9.17) is 9.84 Å². The summed E-state index contributed by atoms with van der Waals surface area (Å²) in [6.45, 7) is 2.10. The van der Waals surface area contributed by atoms with Gasteiger partial charge in [-0.15, -0.1) is 0 Å². The minimum absolute atomic E-state index is 0.0832. The van der Waals surface area contributed by atoms with E-state index >= 15 is 0 Å². The molecule has 0 unspecified atom stereocenters. The van der Waals surface area contributed by atoms with Gasteiger partial charge < -0.3 is 25.2 Å². The largest absolute Gasteiger partial charge is 0.481 e. The lowest BCUT2D eigenvalue weighted by Gasteiger charge is -2.17. The van der Waals surface area contributed by atoms with Crippen molar-refractivity contribution in [1.29, 1.82) is 0 Å². The Bertz CT molecular complexity index is 551. The molecule has 1 fully saturated rings. The molecule has 0 aliphatic carbocycles. The first kappa shape index (κ1) is 24.3. The molecule has 0 bridgehead atoms. The maximum Gasteiger partial charge on any atom is 0.303 e. The van der Waals surface area contributed by atoms with Gasteiger partial charge in [-0.3, -0.25) is 4.79 Å². The molecule has 0 aromatic rings. The van der Waals surface area contributed by atoms with Crippen LogP contribution in [0.4, 0.5) is 0 Å². The first-order valence-electron chi connectivity index (χ1n) is 9.98. The fourth-order valence-electron chi connectivity index (χ4n) is 2.86. The third kappa shape index (κ3) is 10.6. The second kappa shape index (κ2) is 14.3. The number of aliphatic hydroxyl groups is 3. The normalized spacial score (nSPS) is 25.5. The molecule has 1 aliphatic heterocycles. The lowest BCUT2D eigenvalue weighted by atomic mass is 10.0. The molecule has 6 heteroatoms. The second-order valence-electron chi connectivity index (χ2n) is 6.92. The van der Waals surface area contributed by atoms with Gasteiger partial charge in [-0.2, -0.15) is 0 Å². The van der Waals surface area contributed by atoms with Crippen molar-refractivity contribution in [3.8, 4) is 0 Å². The van der Waals surface area contributed by atoms with Crippen LogP contribution in [0.5, 0.6) is 0 Å². The highest BCUT2D eigenvalue weighted by Gasteiger charge is 2.36. The summed E-state index contributed by atoms with van der Waals surface area (Å²) in [4.78, 5) is 10.6. The van der Waals surface area contributed by atoms with Crippen LogP contribution in [0, 0.1) is 0 Å². The van der Waals surface area contributed by atoms with Crippen LogP contribution in [0.1, 0.15) is 51.9 Å². The van der Waals surface area contributed by atoms with E-state index in [9.17, 15) is 20.1 Å². The molecule has 4 N–H and O–H groups in total. The summed E-state index contributed by atoms with van der Waals surface area (Å²) >= 11 is 0. The SMILES string of the molecule is CC/C=C\C/C=C\C/C=C\C[C@@H](O)/C=C/[C@H]1O[C@H]([C@@H](O)CCC(=O)O)C[C@@H]1O. The predicted molar refractivity (Wildman–Crippen MR) is 109 cm³/mol. The molecule has 0 saturated carbocycles. The number of rotatable bonds is 13. The summed E-state index contributed by atoms with van der Waals surface area (Å²) in [7, 11) is 0. The lowest BCUT2D eigenvalue weighted by molar-refractivity contribution is -0.138. The van der Waals surface area contributed by atoms with Gasteiger partial charge in [0.1, 0.15) is 6.10 Å². The van der Waals surface area contributed by atoms with Crippen molar-refractivity contribution >= 4 is 5.97 Å². The van der Waals surface area contributed by atoms with Crippen molar-refractivity contribution in [1.82, 2.24) is 0 Å². The minimum atomic E-state index is -0.978. The number of hydrogen-bond acceptors (Lipinski definition) is 5. The fourth-order valence-corrected chi connectivity index (χ4v) is 2.86. The topological polar surface area (TPSA) is 107 Å². The number of aliphatic hydroxyl groups excluding tert-OH is 3. The Hall–Kier alpha value is -1.73. The molecule has 0 aromatic heterocycles. The van der Waals surface area contributed by atoms with Crippen molar-refractivity contribution < 1.29 is 30.0 Å². The van der Waals surface area contributed by atoms with E-state index in [-0.39, 0.29) is 19.3 Å². The zero-order valence-corrected chi connectivity index (χ0v) is 16.6. The van der Waals surface area contributed by atoms with Crippen LogP contribution in [-0.2, 0) is 9.53 Å². The molecule has 0 spiro atoms. The predicted octanol–water partition coefficient (Wildman–Crippen LogP) is 2.90. The summed E-state index contributed by atoms with van der Waals surface area (Å²) in [5, 5.41) is 38.7. The molecule has 1 rings (SSSR count). The Labute approximate surface area is 167 Å². The van der Waals surface area contributed by atoms with Crippen LogP contribution in [0.25, 0.3) is 0 Å². The Morgan fingerprint density at radius 2 is 1.75 bits per heavy atom. The molecule has 28 heavy (non-hydrogen) atoms. The van der Waals surface area contributed by atoms with Crippen molar-refractivity contribution in [2.75, 3.05) is 0 Å². The molecular formula is C22H34O6. The maximum atomic E-state index is 10.6. The third-order valence-corrected chi connectivity index (χ3v) is 4.45. The zero-order valence-electron chi connectivity index (χ0n) is 16.6. The smallest absolute Gasteiger partial charge is 0.303 e. The highest BCUT2D eigenvalue weighted by molar-refractivity contribution is 5.66. The molecule has 0 radical (unpaired) electrons. The van der Waals surface area contributed by atoms with Gasteiger partial charge in [0.15, 0.2) is 0 Å². The summed E-state index contributed by atoms with van der Waals surface area (Å²) in [5.41, 5.74) is 0. The second-order valence-corrected chi connectivity index (χ2v) is 6.92. The summed E-state index contributed by atoms with van der Waals surface area (Å²) in [6.07, 6.45) is 15.4. The van der Waals surface area contributed by atoms with Gasteiger partial charge in [0, 0.05) is 12.8 Å². The first-order chi connectivity index (χ1) is 13.4. The van der Waals surface area contributed by atoms with E-state index < -0.39 is 36.5 Å². The standard InChI is InChI=1S/C22H34O6/c1-2-3-4-5-6-7-8-9-10-11-17(23)12-14-20-19(25)16-21(28-20)18(24)13-15-22(26)27/h3-4,6-7,9-10,12,14,17-21,23-25H,2,5,8,11,13,15-16H2,1H3,(H,26,27)/b4-3-,7-6-,10-9-,14-12+/t17-,18+,19+,20-,21+/m1/s1.